The minimum Gasteiger partial charge on any atom is -0.231 e. The summed E-state index contributed by atoms with van der Waals surface area (Å²) in [7, 11) is 0.827. The molecule has 1 N–H and O–H groups in total. The number of nitrogens with one attached hydrogen (secondary N) is 1. The number of hydrogen-bond acceptors (Lipinski definition) is 4. The molecule has 2 atom stereocenters. The van der Waals surface area contributed by atoms with Gasteiger partial charge in [0.1, 0.15) is 0 Å². The van der Waals surface area contributed by atoms with Crippen molar-refractivity contribution >= 4 is 50.1 Å². The van der Waals surface area contributed by atoms with E-state index in [4.69, 9.17) is 0 Å². The SMILES string of the molecule is CCSPNSPS. The van der Waals surface area contributed by atoms with Gasteiger partial charge in [-0.25, -0.2) is 4.49 Å². The lowest BCUT2D eigenvalue weighted by atomic mass is 11.0. The molecule has 0 aliphatic heterocycles. The third-order valence-electron chi connectivity index (χ3n) is 0.355. The average Bonchev–Trinajstić information content (AvgIpc) is 1.81. The third-order valence-corrected chi connectivity index (χ3v) is 5.68. The molecule has 0 spiro atoms. The minimum absolute atomic E-state index is 0.663. The molecule has 0 aliphatic carbocycles. The minimum atomic E-state index is 0.663. The van der Waals surface area contributed by atoms with Gasteiger partial charge in [0.05, 0.1) is 0 Å². The molecule has 50 valence electrons. The van der Waals surface area contributed by atoms with Crippen molar-refractivity contribution in [2.75, 3.05) is 5.75 Å². The summed E-state index contributed by atoms with van der Waals surface area (Å²) in [5.74, 6) is 1.20. The molecule has 0 aliphatic rings. The fraction of sp³-hybridized carbons (Fsp3) is 1.00. The van der Waals surface area contributed by atoms with Crippen LogP contribution in [0.5, 0.6) is 0 Å². The summed E-state index contributed by atoms with van der Waals surface area (Å²) < 4.78 is 3.18. The van der Waals surface area contributed by atoms with Gasteiger partial charge in [-0.3, -0.25) is 0 Å². The first-order valence-corrected chi connectivity index (χ1v) is 8.62. The van der Waals surface area contributed by atoms with Gasteiger partial charge in [-0.2, -0.15) is 0 Å². The molecule has 0 aromatic rings. The van der Waals surface area contributed by atoms with E-state index in [2.05, 4.69) is 23.7 Å². The van der Waals surface area contributed by atoms with Gasteiger partial charge in [-0.15, -0.1) is 23.6 Å². The Morgan fingerprint density at radius 1 is 1.75 bits per heavy atom. The quantitative estimate of drug-likeness (QED) is 0.310. The van der Waals surface area contributed by atoms with Crippen molar-refractivity contribution in [2.24, 2.45) is 0 Å². The molecule has 1 nitrogen and oxygen atoms in total. The summed E-state index contributed by atoms with van der Waals surface area (Å²) in [6.45, 7) is 2.82. The Labute approximate surface area is 67.3 Å². The first-order chi connectivity index (χ1) is 3.91. The van der Waals surface area contributed by atoms with Crippen LogP contribution in [-0.2, 0) is 0 Å². The van der Waals surface area contributed by atoms with Crippen molar-refractivity contribution in [2.45, 2.75) is 6.92 Å². The highest BCUT2D eigenvalue weighted by Gasteiger charge is 1.81. The van der Waals surface area contributed by atoms with Crippen molar-refractivity contribution in [1.29, 1.82) is 0 Å². The van der Waals surface area contributed by atoms with Crippen molar-refractivity contribution in [1.82, 2.24) is 4.49 Å². The van der Waals surface area contributed by atoms with Gasteiger partial charge < -0.3 is 0 Å². The molecular weight excluding hydrogens is 196 g/mol. The Morgan fingerprint density at radius 3 is 3.00 bits per heavy atom. The lowest BCUT2D eigenvalue weighted by Gasteiger charge is -1.96. The molecule has 0 amide bonds. The second-order valence-corrected chi connectivity index (χ2v) is 7.39. The number of rotatable bonds is 5. The van der Waals surface area contributed by atoms with Crippen LogP contribution in [0, 0.1) is 0 Å². The zero-order valence-electron chi connectivity index (χ0n) is 4.47. The van der Waals surface area contributed by atoms with Crippen LogP contribution in [0.4, 0.5) is 0 Å². The molecule has 8 heavy (non-hydrogen) atoms. The maximum atomic E-state index is 4.05. The Morgan fingerprint density at radius 2 is 2.50 bits per heavy atom. The van der Waals surface area contributed by atoms with E-state index in [1.165, 1.54) is 5.75 Å². The summed E-state index contributed by atoms with van der Waals surface area (Å²) in [4.78, 5) is 0. The normalized spacial score (nSPS) is 12.8. The second-order valence-electron chi connectivity index (χ2n) is 0.830. The van der Waals surface area contributed by atoms with Crippen LogP contribution in [0.2, 0.25) is 0 Å². The molecule has 6 heteroatoms. The number of thiol groups is 1. The van der Waals surface area contributed by atoms with Crippen LogP contribution in [0.15, 0.2) is 0 Å². The summed E-state index contributed by atoms with van der Waals surface area (Å²) in [6.07, 6.45) is 0. The van der Waals surface area contributed by atoms with Gasteiger partial charge in [0.2, 0.25) is 0 Å². The Hall–Kier alpha value is 1.87. The van der Waals surface area contributed by atoms with Gasteiger partial charge in [0.25, 0.3) is 0 Å². The van der Waals surface area contributed by atoms with Crippen LogP contribution in [0.1, 0.15) is 6.92 Å². The molecule has 0 aromatic heterocycles. The second kappa shape index (κ2) is 8.87. The highest BCUT2D eigenvalue weighted by atomic mass is 33.1. The van der Waals surface area contributed by atoms with Crippen molar-refractivity contribution < 1.29 is 0 Å². The summed E-state index contributed by atoms with van der Waals surface area (Å²) >= 11 is 7.64. The largest absolute Gasteiger partial charge is 0.231 e. The predicted molar refractivity (Wildman–Crippen MR) is 54.5 cm³/mol. The van der Waals surface area contributed by atoms with E-state index in [1.807, 2.05) is 11.4 Å². The molecule has 0 bridgehead atoms. The Bertz CT molecular complexity index is 40.3. The van der Waals surface area contributed by atoms with Crippen molar-refractivity contribution in [3.63, 3.8) is 0 Å². The third kappa shape index (κ3) is 7.87. The van der Waals surface area contributed by atoms with Gasteiger partial charge in [-0.05, 0) is 17.3 Å². The summed E-state index contributed by atoms with van der Waals surface area (Å²) in [5, 5.41) is 0. The monoisotopic (exact) mass is 205 g/mol. The molecular formula is C2H9NP2S3. The molecule has 0 fully saturated rings. The lowest BCUT2D eigenvalue weighted by Crippen LogP contribution is -1.75. The summed E-state index contributed by atoms with van der Waals surface area (Å²) in [5.41, 5.74) is 0. The van der Waals surface area contributed by atoms with E-state index >= 15 is 0 Å². The zero-order chi connectivity index (χ0) is 6.24. The molecule has 0 rings (SSSR count). The zero-order valence-corrected chi connectivity index (χ0v) is 9.00. The maximum absolute atomic E-state index is 4.05. The Balaban J connectivity index is 2.53. The fourth-order valence-electron chi connectivity index (χ4n) is 0.145. The van der Waals surface area contributed by atoms with Crippen LogP contribution >= 0.6 is 50.1 Å². The van der Waals surface area contributed by atoms with E-state index in [1.54, 1.807) is 11.6 Å². The predicted octanol–water partition coefficient (Wildman–Crippen LogP) is 2.92. The first kappa shape index (κ1) is 9.87. The van der Waals surface area contributed by atoms with E-state index in [0.717, 1.165) is 7.93 Å². The van der Waals surface area contributed by atoms with E-state index in [9.17, 15) is 0 Å². The van der Waals surface area contributed by atoms with E-state index in [-0.39, 0.29) is 0 Å². The highest BCUT2D eigenvalue weighted by molar-refractivity contribution is 8.77. The first-order valence-electron chi connectivity index (χ1n) is 2.08. The molecule has 0 saturated carbocycles. The molecule has 0 saturated heterocycles. The Kier molecular flexibility index (Phi) is 10.9. The van der Waals surface area contributed by atoms with Crippen LogP contribution in [0.3, 0.4) is 0 Å². The molecule has 0 radical (unpaired) electrons. The standard InChI is InChI=1S/C2H9NP2S3/c1-2-7-4-3-8-5-6/h3-6H,2H2,1H3. The van der Waals surface area contributed by atoms with Crippen molar-refractivity contribution in [3.8, 4) is 0 Å². The van der Waals surface area contributed by atoms with Crippen molar-refractivity contribution in [3.05, 3.63) is 0 Å². The van der Waals surface area contributed by atoms with Crippen LogP contribution < -0.4 is 4.49 Å². The molecule has 2 unspecified atom stereocenters. The summed E-state index contributed by atoms with van der Waals surface area (Å²) in [6, 6.07) is 0. The smallest absolute Gasteiger partial charge is 0.0176 e. The highest BCUT2D eigenvalue weighted by Crippen LogP contribution is 2.36. The molecule has 0 heterocycles. The van der Waals surface area contributed by atoms with E-state index < -0.39 is 0 Å². The van der Waals surface area contributed by atoms with Gasteiger partial charge in [0.15, 0.2) is 0 Å². The van der Waals surface area contributed by atoms with Gasteiger partial charge >= 0.3 is 0 Å². The van der Waals surface area contributed by atoms with E-state index in [0.29, 0.717) is 6.98 Å². The topological polar surface area (TPSA) is 12.0 Å². The lowest BCUT2D eigenvalue weighted by molar-refractivity contribution is 1.54. The fourth-order valence-corrected chi connectivity index (χ4v) is 4.98. The van der Waals surface area contributed by atoms with Gasteiger partial charge in [0, 0.05) is 14.9 Å². The molecule has 0 aromatic carbocycles. The number of hydrogen-bond donors (Lipinski definition) is 2. The van der Waals surface area contributed by atoms with Crippen LogP contribution in [-0.4, -0.2) is 5.75 Å². The van der Waals surface area contributed by atoms with Gasteiger partial charge in [-0.1, -0.05) is 6.92 Å². The maximum Gasteiger partial charge on any atom is 0.0176 e. The van der Waals surface area contributed by atoms with Crippen LogP contribution in [0.25, 0.3) is 0 Å². The average molecular weight is 205 g/mol.